The molecule has 3 rings (SSSR count). The molecule has 122 valence electrons. The van der Waals surface area contributed by atoms with Gasteiger partial charge in [-0.05, 0) is 68.3 Å². The summed E-state index contributed by atoms with van der Waals surface area (Å²) in [7, 11) is -4.50. The number of benzene rings is 1. The second-order valence-electron chi connectivity index (χ2n) is 6.39. The first kappa shape index (κ1) is 16.0. The van der Waals surface area contributed by atoms with Gasteiger partial charge < -0.3 is 4.52 Å². The van der Waals surface area contributed by atoms with E-state index in [1.165, 1.54) is 24.9 Å². The number of hydrogen-bond donors (Lipinski definition) is 2. The Hall–Kier alpha value is -0.870. The molecule has 1 saturated heterocycles. The molecule has 0 aromatic heterocycles. The maximum absolute atomic E-state index is 11.2. The van der Waals surface area contributed by atoms with Crippen molar-refractivity contribution in [2.45, 2.75) is 45.1 Å². The van der Waals surface area contributed by atoms with Crippen molar-refractivity contribution in [2.24, 2.45) is 5.92 Å². The van der Waals surface area contributed by atoms with Crippen molar-refractivity contribution < 1.29 is 18.9 Å². The molecule has 1 aromatic carbocycles. The van der Waals surface area contributed by atoms with E-state index in [-0.39, 0.29) is 0 Å². The maximum Gasteiger partial charge on any atom is 0.524 e. The van der Waals surface area contributed by atoms with Gasteiger partial charge in [-0.25, -0.2) is 4.57 Å². The number of phosphoric ester groups is 1. The average Bonchev–Trinajstić information content (AvgIpc) is 2.45. The van der Waals surface area contributed by atoms with Crippen LogP contribution in [-0.4, -0.2) is 33.8 Å². The van der Waals surface area contributed by atoms with Crippen LogP contribution >= 0.6 is 7.82 Å². The minimum atomic E-state index is -4.50. The Kier molecular flexibility index (Phi) is 4.60. The van der Waals surface area contributed by atoms with Crippen LogP contribution < -0.4 is 4.52 Å². The fourth-order valence-corrected chi connectivity index (χ4v) is 4.47. The Bertz CT molecular complexity index is 584. The van der Waals surface area contributed by atoms with E-state index < -0.39 is 7.82 Å². The molecule has 0 saturated carbocycles. The van der Waals surface area contributed by atoms with Crippen LogP contribution in [-0.2, 0) is 17.4 Å². The van der Waals surface area contributed by atoms with E-state index >= 15 is 0 Å². The lowest BCUT2D eigenvalue weighted by atomic mass is 9.75. The summed E-state index contributed by atoms with van der Waals surface area (Å²) < 4.78 is 16.1. The van der Waals surface area contributed by atoms with Crippen LogP contribution in [0.2, 0.25) is 0 Å². The molecule has 0 amide bonds. The van der Waals surface area contributed by atoms with Crippen LogP contribution in [0.25, 0.3) is 0 Å². The molecule has 1 aliphatic heterocycles. The molecule has 2 atom stereocenters. The summed E-state index contributed by atoms with van der Waals surface area (Å²) >= 11 is 0. The van der Waals surface area contributed by atoms with E-state index in [9.17, 15) is 4.57 Å². The largest absolute Gasteiger partial charge is 0.524 e. The number of rotatable bonds is 4. The molecule has 2 unspecified atom stereocenters. The molecular weight excluding hydrogens is 301 g/mol. The number of fused-ring (bicyclic) bond motifs is 2. The average molecular weight is 325 g/mol. The molecule has 1 aromatic rings. The first-order valence-electron chi connectivity index (χ1n) is 8.08. The van der Waals surface area contributed by atoms with Crippen molar-refractivity contribution in [1.82, 2.24) is 4.90 Å². The van der Waals surface area contributed by atoms with Gasteiger partial charge in [-0.3, -0.25) is 14.7 Å². The smallest absolute Gasteiger partial charge is 0.404 e. The molecule has 2 N–H and O–H groups in total. The maximum atomic E-state index is 11.2. The van der Waals surface area contributed by atoms with Gasteiger partial charge in [0.2, 0.25) is 0 Å². The molecule has 22 heavy (non-hydrogen) atoms. The summed E-state index contributed by atoms with van der Waals surface area (Å²) in [6.45, 7) is 4.52. The lowest BCUT2D eigenvalue weighted by Crippen LogP contribution is -2.49. The van der Waals surface area contributed by atoms with Gasteiger partial charge in [0, 0.05) is 6.04 Å². The molecular formula is C16H24NO4P. The number of likely N-dealkylation sites (tertiary alicyclic amines) is 1. The second kappa shape index (κ2) is 6.32. The van der Waals surface area contributed by atoms with E-state index in [1.807, 2.05) is 6.07 Å². The van der Waals surface area contributed by atoms with Gasteiger partial charge in [-0.1, -0.05) is 19.1 Å². The Labute approximate surface area is 131 Å². The summed E-state index contributed by atoms with van der Waals surface area (Å²) in [6.07, 6.45) is 5.37. The van der Waals surface area contributed by atoms with E-state index in [2.05, 4.69) is 17.9 Å². The van der Waals surface area contributed by atoms with Crippen LogP contribution in [0, 0.1) is 5.92 Å². The monoisotopic (exact) mass is 325 g/mol. The van der Waals surface area contributed by atoms with Crippen LogP contribution in [0.4, 0.5) is 0 Å². The van der Waals surface area contributed by atoms with Gasteiger partial charge in [0.15, 0.2) is 0 Å². The summed E-state index contributed by atoms with van der Waals surface area (Å²) in [5, 5.41) is 0. The minimum absolute atomic E-state index is 0.358. The van der Waals surface area contributed by atoms with Crippen LogP contribution in [0.1, 0.15) is 37.3 Å². The molecule has 1 fully saturated rings. The van der Waals surface area contributed by atoms with Crippen molar-refractivity contribution in [3.63, 3.8) is 0 Å². The number of phosphoric acid groups is 1. The van der Waals surface area contributed by atoms with Gasteiger partial charge in [0.05, 0.1) is 0 Å². The van der Waals surface area contributed by atoms with E-state index in [1.54, 1.807) is 6.07 Å². The van der Waals surface area contributed by atoms with Crippen molar-refractivity contribution in [2.75, 3.05) is 13.1 Å². The predicted molar refractivity (Wildman–Crippen MR) is 84.9 cm³/mol. The first-order valence-corrected chi connectivity index (χ1v) is 9.61. The SMILES string of the molecule is CCCN1CCCC2Cc3c(cccc3OP(=O)(O)O)CC21. The fourth-order valence-electron chi connectivity index (χ4n) is 4.05. The zero-order chi connectivity index (χ0) is 15.7. The Morgan fingerprint density at radius 3 is 2.91 bits per heavy atom. The molecule has 0 spiro atoms. The molecule has 2 aliphatic rings. The van der Waals surface area contributed by atoms with E-state index in [4.69, 9.17) is 14.3 Å². The van der Waals surface area contributed by atoms with Gasteiger partial charge in [0.1, 0.15) is 5.75 Å². The molecule has 1 aliphatic carbocycles. The number of piperidine rings is 1. The third-order valence-electron chi connectivity index (χ3n) is 4.89. The number of nitrogens with zero attached hydrogens (tertiary/aromatic N) is 1. The van der Waals surface area contributed by atoms with Crippen LogP contribution in [0.5, 0.6) is 5.75 Å². The summed E-state index contributed by atoms with van der Waals surface area (Å²) in [5.41, 5.74) is 2.17. The Balaban J connectivity index is 1.88. The predicted octanol–water partition coefficient (Wildman–Crippen LogP) is 2.75. The standard InChI is InChI=1S/C16H24NO4P/c1-2-8-17-9-4-6-13-10-14-12(11-15(13)17)5-3-7-16(14)21-22(18,19)20/h3,5,7,13,15H,2,4,6,8-11H2,1H3,(H2,18,19,20). The Morgan fingerprint density at radius 2 is 2.18 bits per heavy atom. The lowest BCUT2D eigenvalue weighted by molar-refractivity contribution is 0.0850. The van der Waals surface area contributed by atoms with E-state index in [0.29, 0.717) is 17.7 Å². The van der Waals surface area contributed by atoms with Gasteiger partial charge in [-0.15, -0.1) is 0 Å². The zero-order valence-corrected chi connectivity index (χ0v) is 13.8. The molecule has 6 heteroatoms. The summed E-state index contributed by atoms with van der Waals surface area (Å²) in [6, 6.07) is 6.13. The van der Waals surface area contributed by atoms with Crippen molar-refractivity contribution in [3.05, 3.63) is 29.3 Å². The third kappa shape index (κ3) is 3.38. The molecule has 0 radical (unpaired) electrons. The molecule has 0 bridgehead atoms. The molecule has 5 nitrogen and oxygen atoms in total. The van der Waals surface area contributed by atoms with Gasteiger partial charge in [-0.2, -0.15) is 0 Å². The Morgan fingerprint density at radius 1 is 1.36 bits per heavy atom. The van der Waals surface area contributed by atoms with Crippen LogP contribution in [0.3, 0.4) is 0 Å². The normalized spacial score (nSPS) is 25.4. The lowest BCUT2D eigenvalue weighted by Gasteiger charge is -2.45. The van der Waals surface area contributed by atoms with Crippen molar-refractivity contribution in [1.29, 1.82) is 0 Å². The topological polar surface area (TPSA) is 70.0 Å². The summed E-state index contributed by atoms with van der Waals surface area (Å²) in [4.78, 5) is 20.8. The van der Waals surface area contributed by atoms with Crippen molar-refractivity contribution in [3.8, 4) is 5.75 Å². The number of hydrogen-bond acceptors (Lipinski definition) is 3. The highest BCUT2D eigenvalue weighted by atomic mass is 31.2. The quantitative estimate of drug-likeness (QED) is 0.833. The van der Waals surface area contributed by atoms with Gasteiger partial charge >= 0.3 is 7.82 Å². The minimum Gasteiger partial charge on any atom is -0.404 e. The zero-order valence-electron chi connectivity index (χ0n) is 12.9. The fraction of sp³-hybridized carbons (Fsp3) is 0.625. The molecule has 1 heterocycles. The van der Waals surface area contributed by atoms with Gasteiger partial charge in [0.25, 0.3) is 0 Å². The highest BCUT2D eigenvalue weighted by molar-refractivity contribution is 7.46. The second-order valence-corrected chi connectivity index (χ2v) is 7.55. The highest BCUT2D eigenvalue weighted by Crippen LogP contribution is 2.44. The third-order valence-corrected chi connectivity index (χ3v) is 5.32. The highest BCUT2D eigenvalue weighted by Gasteiger charge is 2.36. The van der Waals surface area contributed by atoms with E-state index in [0.717, 1.165) is 31.4 Å². The van der Waals surface area contributed by atoms with Crippen molar-refractivity contribution >= 4 is 7.82 Å². The van der Waals surface area contributed by atoms with Crippen LogP contribution in [0.15, 0.2) is 18.2 Å². The first-order chi connectivity index (χ1) is 10.5. The summed E-state index contributed by atoms with van der Waals surface area (Å²) in [5.74, 6) is 0.922.